The van der Waals surface area contributed by atoms with E-state index in [1.54, 1.807) is 12.3 Å². The molecule has 0 aromatic carbocycles. The third-order valence-electron chi connectivity index (χ3n) is 1.81. The zero-order valence-electron chi connectivity index (χ0n) is 7.02. The van der Waals surface area contributed by atoms with E-state index in [-0.39, 0.29) is 16.6 Å². The first kappa shape index (κ1) is 9.29. The predicted molar refractivity (Wildman–Crippen MR) is 49.5 cm³/mol. The molecule has 1 heterocycles. The van der Waals surface area contributed by atoms with Crippen LogP contribution in [0.3, 0.4) is 0 Å². The van der Waals surface area contributed by atoms with Gasteiger partial charge < -0.3 is 10.3 Å². The molecule has 0 bridgehead atoms. The standard InChI is InChI=1S/C8H11ClN2O/c1-5(10-2)6-3-7(9)8(12)11-4-6/h3-5,10H,1-2H3,(H,11,12). The molecular weight excluding hydrogens is 176 g/mol. The van der Waals surface area contributed by atoms with Crippen LogP contribution in [0.4, 0.5) is 0 Å². The van der Waals surface area contributed by atoms with Gasteiger partial charge in [-0.3, -0.25) is 4.79 Å². The maximum atomic E-state index is 10.9. The van der Waals surface area contributed by atoms with Crippen LogP contribution in [0.2, 0.25) is 5.02 Å². The highest BCUT2D eigenvalue weighted by atomic mass is 35.5. The molecule has 0 saturated carbocycles. The molecule has 1 rings (SSSR count). The summed E-state index contributed by atoms with van der Waals surface area (Å²) in [6, 6.07) is 1.86. The molecule has 66 valence electrons. The summed E-state index contributed by atoms with van der Waals surface area (Å²) < 4.78 is 0. The average Bonchev–Trinajstić information content (AvgIpc) is 2.08. The van der Waals surface area contributed by atoms with E-state index in [9.17, 15) is 4.79 Å². The topological polar surface area (TPSA) is 44.9 Å². The van der Waals surface area contributed by atoms with Crippen molar-refractivity contribution in [1.29, 1.82) is 0 Å². The molecule has 1 unspecified atom stereocenters. The van der Waals surface area contributed by atoms with Crippen LogP contribution in [0.5, 0.6) is 0 Å². The van der Waals surface area contributed by atoms with Crippen molar-refractivity contribution in [3.8, 4) is 0 Å². The summed E-state index contributed by atoms with van der Waals surface area (Å²) in [4.78, 5) is 13.4. The van der Waals surface area contributed by atoms with Gasteiger partial charge in [0.05, 0.1) is 0 Å². The molecule has 0 aliphatic heterocycles. The van der Waals surface area contributed by atoms with Gasteiger partial charge in [-0.1, -0.05) is 11.6 Å². The number of pyridine rings is 1. The minimum atomic E-state index is -0.247. The summed E-state index contributed by atoms with van der Waals surface area (Å²) in [6.07, 6.45) is 1.66. The maximum Gasteiger partial charge on any atom is 0.266 e. The lowest BCUT2D eigenvalue weighted by molar-refractivity contribution is 0.649. The van der Waals surface area contributed by atoms with Crippen LogP contribution in [-0.4, -0.2) is 12.0 Å². The second-order valence-corrected chi connectivity index (χ2v) is 3.03. The Kier molecular flexibility index (Phi) is 2.89. The summed E-state index contributed by atoms with van der Waals surface area (Å²) in [6.45, 7) is 1.99. The fourth-order valence-corrected chi connectivity index (χ4v) is 1.07. The van der Waals surface area contributed by atoms with Crippen molar-refractivity contribution in [2.75, 3.05) is 7.05 Å². The second kappa shape index (κ2) is 3.74. The molecule has 1 aromatic rings. The van der Waals surface area contributed by atoms with E-state index in [0.29, 0.717) is 0 Å². The largest absolute Gasteiger partial charge is 0.327 e. The van der Waals surface area contributed by atoms with Gasteiger partial charge in [0.15, 0.2) is 0 Å². The van der Waals surface area contributed by atoms with Gasteiger partial charge in [-0.15, -0.1) is 0 Å². The minimum absolute atomic E-state index is 0.194. The zero-order chi connectivity index (χ0) is 9.14. The van der Waals surface area contributed by atoms with Gasteiger partial charge in [0, 0.05) is 12.2 Å². The minimum Gasteiger partial charge on any atom is -0.327 e. The molecule has 2 N–H and O–H groups in total. The Bertz CT molecular complexity index is 321. The summed E-state index contributed by atoms with van der Waals surface area (Å²) in [7, 11) is 1.85. The summed E-state index contributed by atoms with van der Waals surface area (Å²) >= 11 is 5.64. The number of hydrogen-bond donors (Lipinski definition) is 2. The molecule has 0 saturated heterocycles. The number of hydrogen-bond acceptors (Lipinski definition) is 2. The molecule has 4 heteroatoms. The SMILES string of the molecule is CNC(C)c1c[nH]c(=O)c(Cl)c1. The second-order valence-electron chi connectivity index (χ2n) is 2.62. The maximum absolute atomic E-state index is 10.9. The van der Waals surface area contributed by atoms with Gasteiger partial charge in [-0.05, 0) is 25.6 Å². The fraction of sp³-hybridized carbons (Fsp3) is 0.375. The predicted octanol–water partition coefficient (Wildman–Crippen LogP) is 1.31. The fourth-order valence-electron chi connectivity index (χ4n) is 0.888. The van der Waals surface area contributed by atoms with Gasteiger partial charge in [0.2, 0.25) is 0 Å². The number of aromatic amines is 1. The number of rotatable bonds is 2. The van der Waals surface area contributed by atoms with Crippen molar-refractivity contribution in [3.05, 3.63) is 33.2 Å². The molecule has 3 nitrogen and oxygen atoms in total. The highest BCUT2D eigenvalue weighted by Crippen LogP contribution is 2.11. The van der Waals surface area contributed by atoms with Crippen LogP contribution in [-0.2, 0) is 0 Å². The van der Waals surface area contributed by atoms with Crippen molar-refractivity contribution in [3.63, 3.8) is 0 Å². The Morgan fingerprint density at radius 2 is 2.33 bits per heavy atom. The van der Waals surface area contributed by atoms with E-state index in [2.05, 4.69) is 10.3 Å². The lowest BCUT2D eigenvalue weighted by Crippen LogP contribution is -2.15. The molecule has 0 radical (unpaired) electrons. The number of H-pyrrole nitrogens is 1. The Hall–Kier alpha value is -0.800. The van der Waals surface area contributed by atoms with Crippen LogP contribution >= 0.6 is 11.6 Å². The number of nitrogens with one attached hydrogen (secondary N) is 2. The third-order valence-corrected chi connectivity index (χ3v) is 2.09. The molecule has 0 amide bonds. The molecule has 1 aromatic heterocycles. The Morgan fingerprint density at radius 3 is 2.83 bits per heavy atom. The van der Waals surface area contributed by atoms with E-state index in [1.165, 1.54) is 0 Å². The lowest BCUT2D eigenvalue weighted by Gasteiger charge is -2.09. The zero-order valence-corrected chi connectivity index (χ0v) is 7.77. The highest BCUT2D eigenvalue weighted by molar-refractivity contribution is 6.30. The molecule has 0 spiro atoms. The number of aromatic nitrogens is 1. The third kappa shape index (κ3) is 1.87. The summed E-state index contributed by atoms with van der Waals surface area (Å²) in [5.41, 5.74) is 0.728. The van der Waals surface area contributed by atoms with Crippen molar-refractivity contribution in [2.24, 2.45) is 0 Å². The van der Waals surface area contributed by atoms with Crippen molar-refractivity contribution < 1.29 is 0 Å². The average molecular weight is 187 g/mol. The van der Waals surface area contributed by atoms with Gasteiger partial charge in [0.1, 0.15) is 5.02 Å². The Labute approximate surface area is 75.8 Å². The smallest absolute Gasteiger partial charge is 0.266 e. The van der Waals surface area contributed by atoms with Crippen LogP contribution in [0.1, 0.15) is 18.5 Å². The summed E-state index contributed by atoms with van der Waals surface area (Å²) in [5, 5.41) is 3.28. The van der Waals surface area contributed by atoms with Crippen molar-refractivity contribution in [1.82, 2.24) is 10.3 Å². The van der Waals surface area contributed by atoms with Crippen LogP contribution in [0.15, 0.2) is 17.1 Å². The van der Waals surface area contributed by atoms with Crippen LogP contribution in [0, 0.1) is 0 Å². The van der Waals surface area contributed by atoms with Crippen LogP contribution in [0.25, 0.3) is 0 Å². The molecule has 0 aliphatic carbocycles. The van der Waals surface area contributed by atoms with Gasteiger partial charge in [-0.25, -0.2) is 0 Å². The van der Waals surface area contributed by atoms with Crippen molar-refractivity contribution >= 4 is 11.6 Å². The van der Waals surface area contributed by atoms with Gasteiger partial charge >= 0.3 is 0 Å². The Morgan fingerprint density at radius 1 is 1.67 bits per heavy atom. The van der Waals surface area contributed by atoms with Gasteiger partial charge in [0.25, 0.3) is 5.56 Å². The van der Waals surface area contributed by atoms with Gasteiger partial charge in [-0.2, -0.15) is 0 Å². The highest BCUT2D eigenvalue weighted by Gasteiger charge is 2.04. The van der Waals surface area contributed by atoms with E-state index in [4.69, 9.17) is 11.6 Å². The van der Waals surface area contributed by atoms with E-state index < -0.39 is 0 Å². The van der Waals surface area contributed by atoms with E-state index >= 15 is 0 Å². The quantitative estimate of drug-likeness (QED) is 0.732. The molecule has 12 heavy (non-hydrogen) atoms. The normalized spacial score (nSPS) is 12.9. The monoisotopic (exact) mass is 186 g/mol. The van der Waals surface area contributed by atoms with E-state index in [1.807, 2.05) is 14.0 Å². The van der Waals surface area contributed by atoms with Crippen molar-refractivity contribution in [2.45, 2.75) is 13.0 Å². The molecule has 0 aliphatic rings. The number of halogens is 1. The molecule has 1 atom stereocenters. The lowest BCUT2D eigenvalue weighted by atomic mass is 10.1. The van der Waals surface area contributed by atoms with E-state index in [0.717, 1.165) is 5.56 Å². The first-order chi connectivity index (χ1) is 5.65. The van der Waals surface area contributed by atoms with Crippen LogP contribution < -0.4 is 10.9 Å². The first-order valence-corrected chi connectivity index (χ1v) is 4.08. The summed E-state index contributed by atoms with van der Waals surface area (Å²) in [5.74, 6) is 0. The Balaban J connectivity index is 3.04. The molecule has 0 fully saturated rings. The first-order valence-electron chi connectivity index (χ1n) is 3.70. The molecular formula is C8H11ClN2O.